The third-order valence-corrected chi connectivity index (χ3v) is 6.87. The van der Waals surface area contributed by atoms with Crippen molar-refractivity contribution in [3.05, 3.63) is 47.8 Å². The number of benzene rings is 1. The Hall–Kier alpha value is -2.85. The zero-order valence-corrected chi connectivity index (χ0v) is 23.6. The molecule has 0 aliphatic heterocycles. The number of halogens is 6. The molecule has 0 saturated carbocycles. The van der Waals surface area contributed by atoms with Gasteiger partial charge in [-0.05, 0) is 49.2 Å². The van der Waals surface area contributed by atoms with Crippen molar-refractivity contribution in [2.75, 3.05) is 18.9 Å². The summed E-state index contributed by atoms with van der Waals surface area (Å²) in [7, 11) is 0. The molecular weight excluding hydrogens is 592 g/mol. The molecule has 2 aromatic heterocycles. The number of hydrogen-bond acceptors (Lipinski definition) is 9. The summed E-state index contributed by atoms with van der Waals surface area (Å²) in [6.45, 7) is 2.57. The maximum atomic E-state index is 14.1. The lowest BCUT2D eigenvalue weighted by Crippen LogP contribution is -2.42. The highest BCUT2D eigenvalue weighted by Gasteiger charge is 2.51. The summed E-state index contributed by atoms with van der Waals surface area (Å²) in [5.41, 5.74) is 13.5. The van der Waals surface area contributed by atoms with Crippen molar-refractivity contribution in [2.45, 2.75) is 69.0 Å². The van der Waals surface area contributed by atoms with Crippen LogP contribution < -0.4 is 11.5 Å². The van der Waals surface area contributed by atoms with Gasteiger partial charge in [-0.2, -0.15) is 17.6 Å². The van der Waals surface area contributed by atoms with Crippen molar-refractivity contribution in [2.24, 2.45) is 11.5 Å². The number of nitrogens with two attached hydrogens (primary N) is 2. The van der Waals surface area contributed by atoms with Gasteiger partial charge in [0.1, 0.15) is 17.4 Å². The first-order valence-corrected chi connectivity index (χ1v) is 14.0. The van der Waals surface area contributed by atoms with Crippen molar-refractivity contribution in [3.63, 3.8) is 0 Å². The van der Waals surface area contributed by atoms with E-state index in [0.717, 1.165) is 40.5 Å². The van der Waals surface area contributed by atoms with E-state index >= 15 is 0 Å². The monoisotopic (exact) mass is 623 g/mol. The van der Waals surface area contributed by atoms with E-state index in [9.17, 15) is 31.1 Å². The number of pyridine rings is 1. The Balaban J connectivity index is 1.55. The van der Waals surface area contributed by atoms with Crippen molar-refractivity contribution >= 4 is 28.7 Å². The minimum absolute atomic E-state index is 0.338. The fourth-order valence-electron chi connectivity index (χ4n) is 3.70. The van der Waals surface area contributed by atoms with Crippen LogP contribution in [0.1, 0.15) is 38.1 Å². The number of rotatable bonds is 16. The number of aryl methyl sites for hydroxylation is 2. The van der Waals surface area contributed by atoms with Gasteiger partial charge in [-0.25, -0.2) is 9.47 Å². The van der Waals surface area contributed by atoms with Crippen LogP contribution in [0.2, 0.25) is 0 Å². The largest absolute Gasteiger partial charge is 0.494 e. The summed E-state index contributed by atoms with van der Waals surface area (Å²) in [5, 5.41) is 0.763. The number of alkyl halides is 6. The molecule has 3 aromatic rings. The van der Waals surface area contributed by atoms with Crippen molar-refractivity contribution in [1.82, 2.24) is 4.98 Å². The molecule has 3 rings (SSSR count). The minimum Gasteiger partial charge on any atom is -0.464 e. The molecular formula is C27H31F6N3O5S. The maximum absolute atomic E-state index is 14.1. The Morgan fingerprint density at radius 3 is 2.33 bits per heavy atom. The number of hydrogen-bond donors (Lipinski definition) is 2. The van der Waals surface area contributed by atoms with Gasteiger partial charge in [-0.15, -0.1) is 20.5 Å². The van der Waals surface area contributed by atoms with E-state index in [1.165, 1.54) is 0 Å². The molecule has 2 heterocycles. The molecule has 0 aliphatic rings. The number of thioether (sulfide) groups is 1. The lowest BCUT2D eigenvalue weighted by atomic mass is 10.1. The van der Waals surface area contributed by atoms with Gasteiger partial charge in [0.05, 0.1) is 18.7 Å². The summed E-state index contributed by atoms with van der Waals surface area (Å²) in [6.07, 6.45) is -15.8. The maximum Gasteiger partial charge on any atom is 0.494 e. The quantitative estimate of drug-likeness (QED) is 0.0845. The zero-order chi connectivity index (χ0) is 31.1. The second-order valence-electron chi connectivity index (χ2n) is 9.11. The van der Waals surface area contributed by atoms with Crippen LogP contribution in [0, 0.1) is 0 Å². The van der Waals surface area contributed by atoms with E-state index in [2.05, 4.69) is 19.2 Å². The van der Waals surface area contributed by atoms with Crippen LogP contribution in [0.3, 0.4) is 0 Å². The van der Waals surface area contributed by atoms with Gasteiger partial charge in [-0.1, -0.05) is 13.8 Å². The van der Waals surface area contributed by atoms with Gasteiger partial charge in [-0.3, -0.25) is 9.78 Å². The molecule has 4 N–H and O–H groups in total. The number of esters is 1. The highest BCUT2D eigenvalue weighted by atomic mass is 32.2. The van der Waals surface area contributed by atoms with Crippen LogP contribution in [0.25, 0.3) is 22.3 Å². The molecule has 0 bridgehead atoms. The van der Waals surface area contributed by atoms with Crippen molar-refractivity contribution in [1.29, 1.82) is 0 Å². The van der Waals surface area contributed by atoms with Gasteiger partial charge < -0.3 is 20.6 Å². The Morgan fingerprint density at radius 2 is 1.69 bits per heavy atom. The van der Waals surface area contributed by atoms with E-state index in [0.29, 0.717) is 22.7 Å². The Bertz CT molecular complexity index is 1360. The van der Waals surface area contributed by atoms with Gasteiger partial charge in [0.25, 0.3) is 0 Å². The molecule has 15 heteroatoms. The fraction of sp³-hybridized carbons (Fsp3) is 0.481. The molecule has 1 aromatic carbocycles. The highest BCUT2D eigenvalue weighted by Crippen LogP contribution is 2.38. The summed E-state index contributed by atoms with van der Waals surface area (Å²) < 4.78 is 100.0. The topological polar surface area (TPSA) is 123 Å². The molecule has 1 unspecified atom stereocenters. The number of nitrogens with zero attached hydrogens (tertiary/aromatic N) is 1. The van der Waals surface area contributed by atoms with Crippen molar-refractivity contribution < 1.29 is 49.8 Å². The smallest absolute Gasteiger partial charge is 0.464 e. The number of aromatic nitrogens is 1. The van der Waals surface area contributed by atoms with Crippen molar-refractivity contribution in [3.8, 4) is 11.3 Å². The molecule has 0 saturated heterocycles. The van der Waals surface area contributed by atoms with Gasteiger partial charge in [0.2, 0.25) is 0 Å². The minimum atomic E-state index is -5.35. The summed E-state index contributed by atoms with van der Waals surface area (Å²) >= 11 is 0.903. The van der Waals surface area contributed by atoms with E-state index in [-0.39, 0.29) is 6.54 Å². The molecule has 42 heavy (non-hydrogen) atoms. The first-order valence-electron chi connectivity index (χ1n) is 13.0. The van der Waals surface area contributed by atoms with E-state index in [1.807, 2.05) is 32.0 Å². The van der Waals surface area contributed by atoms with Gasteiger partial charge in [0, 0.05) is 40.3 Å². The molecule has 0 radical (unpaired) electrons. The Kier molecular flexibility index (Phi) is 11.3. The SMILES string of the molecule is CCc1ccc(-c2cc3ccc(SCCC(F)(F)OC(F)(F)OC(F)(F)CCOC(=O)C(N)CN)cc3o2)c(CC)n1. The second kappa shape index (κ2) is 14.1. The first-order chi connectivity index (χ1) is 19.7. The highest BCUT2D eigenvalue weighted by molar-refractivity contribution is 7.99. The predicted molar refractivity (Wildman–Crippen MR) is 143 cm³/mol. The molecule has 1 atom stereocenters. The fourth-order valence-corrected chi connectivity index (χ4v) is 4.63. The number of carbonyl (C=O) groups is 1. The van der Waals surface area contributed by atoms with Gasteiger partial charge in [0.15, 0.2) is 0 Å². The summed E-state index contributed by atoms with van der Waals surface area (Å²) in [4.78, 5) is 16.4. The average Bonchev–Trinajstić information content (AvgIpc) is 3.33. The zero-order valence-electron chi connectivity index (χ0n) is 22.8. The number of fused-ring (bicyclic) bond motifs is 1. The second-order valence-corrected chi connectivity index (χ2v) is 10.3. The van der Waals surface area contributed by atoms with Crippen LogP contribution >= 0.6 is 11.8 Å². The lowest BCUT2D eigenvalue weighted by molar-refractivity contribution is -0.514. The van der Waals surface area contributed by atoms with E-state index in [1.54, 1.807) is 18.2 Å². The first kappa shape index (κ1) is 33.6. The number of furan rings is 1. The normalized spacial score (nSPS) is 13.5. The van der Waals surface area contributed by atoms with Crippen LogP contribution in [0.4, 0.5) is 26.3 Å². The Morgan fingerprint density at radius 1 is 1.00 bits per heavy atom. The van der Waals surface area contributed by atoms with Crippen LogP contribution in [0.5, 0.6) is 0 Å². The molecule has 8 nitrogen and oxygen atoms in total. The van der Waals surface area contributed by atoms with E-state index in [4.69, 9.17) is 15.9 Å². The van der Waals surface area contributed by atoms with Gasteiger partial charge >= 0.3 is 24.5 Å². The molecule has 0 amide bonds. The van der Waals surface area contributed by atoms with E-state index < -0.39 is 55.7 Å². The standard InChI is InChI=1S/C27H31F6N3O5S/c1-3-17-6-8-19(21(4-2)36-17)23-13-16-5-7-18(14-22(16)39-23)42-12-10-26(30,31)41-27(32,33)40-25(28,29)9-11-38-24(37)20(35)15-34/h5-8,13-14,20H,3-4,9-12,15,34-35H2,1-2H3. The summed E-state index contributed by atoms with van der Waals surface area (Å²) in [6, 6.07) is 9.38. The molecule has 232 valence electrons. The Labute approximate surface area is 242 Å². The van der Waals surface area contributed by atoms with Crippen LogP contribution in [0.15, 0.2) is 45.7 Å². The van der Waals surface area contributed by atoms with Crippen LogP contribution in [-0.2, 0) is 31.8 Å². The summed E-state index contributed by atoms with van der Waals surface area (Å²) in [5.74, 6) is -0.954. The predicted octanol–water partition coefficient (Wildman–Crippen LogP) is 6.09. The number of carbonyl (C=O) groups excluding carboxylic acids is 1. The van der Waals surface area contributed by atoms with Crippen LogP contribution in [-0.4, -0.2) is 54.4 Å². The third-order valence-electron chi connectivity index (χ3n) is 5.88. The lowest BCUT2D eigenvalue weighted by Gasteiger charge is -2.26. The molecule has 0 aliphatic carbocycles. The molecule has 0 fully saturated rings. The number of ether oxygens (including phenoxy) is 3. The third kappa shape index (κ3) is 9.59. The molecule has 0 spiro atoms. The average molecular weight is 624 g/mol.